The number of rotatable bonds is 3. The first-order chi connectivity index (χ1) is 13.9. The van der Waals surface area contributed by atoms with E-state index in [4.69, 9.17) is 14.2 Å². The zero-order chi connectivity index (χ0) is 22.8. The van der Waals surface area contributed by atoms with Crippen molar-refractivity contribution in [1.29, 1.82) is 0 Å². The quantitative estimate of drug-likeness (QED) is 0.417. The van der Waals surface area contributed by atoms with Gasteiger partial charge in [0.15, 0.2) is 11.4 Å². The Hall–Kier alpha value is -2.48. The summed E-state index contributed by atoms with van der Waals surface area (Å²) >= 11 is 0. The van der Waals surface area contributed by atoms with E-state index < -0.39 is 59.4 Å². The largest absolute Gasteiger partial charge is 0.458 e. The second-order valence-corrected chi connectivity index (χ2v) is 8.35. The lowest BCUT2D eigenvalue weighted by Crippen LogP contribution is -2.49. The van der Waals surface area contributed by atoms with Gasteiger partial charge in [-0.15, -0.1) is 0 Å². The Labute approximate surface area is 176 Å². The maximum atomic E-state index is 13.0. The Balaban J connectivity index is 2.54. The number of carbonyl (C=O) groups is 4. The molecular weight excluding hydrogens is 392 g/mol. The molecule has 0 aromatic heterocycles. The van der Waals surface area contributed by atoms with Gasteiger partial charge in [0.2, 0.25) is 0 Å². The van der Waals surface area contributed by atoms with Crippen LogP contribution in [0, 0.1) is 11.8 Å². The Kier molecular flexibility index (Phi) is 7.23. The molecule has 0 radical (unpaired) electrons. The first-order valence-electron chi connectivity index (χ1n) is 10.0. The molecule has 8 nitrogen and oxygen atoms in total. The minimum Gasteiger partial charge on any atom is -0.458 e. The minimum atomic E-state index is -1.66. The van der Waals surface area contributed by atoms with Crippen molar-refractivity contribution in [3.8, 4) is 0 Å². The number of aliphatic hydroxyl groups excluding tert-OH is 1. The molecule has 6 atom stereocenters. The Bertz CT molecular complexity index is 782. The maximum Gasteiger partial charge on any atom is 0.334 e. The van der Waals surface area contributed by atoms with Crippen LogP contribution in [0.3, 0.4) is 0 Å². The van der Waals surface area contributed by atoms with E-state index >= 15 is 0 Å². The molecule has 0 aromatic rings. The van der Waals surface area contributed by atoms with Crippen molar-refractivity contribution >= 4 is 23.7 Å². The molecule has 0 aromatic carbocycles. The molecule has 1 saturated carbocycles. The van der Waals surface area contributed by atoms with Gasteiger partial charge in [0, 0.05) is 30.9 Å². The number of hydrogen-bond donors (Lipinski definition) is 1. The van der Waals surface area contributed by atoms with Gasteiger partial charge >= 0.3 is 17.9 Å². The predicted octanol–water partition coefficient (Wildman–Crippen LogP) is 2.03. The van der Waals surface area contributed by atoms with Crippen LogP contribution in [-0.2, 0) is 33.4 Å². The number of fused-ring (bicyclic) bond motifs is 1. The van der Waals surface area contributed by atoms with Gasteiger partial charge in [0.1, 0.15) is 12.2 Å². The van der Waals surface area contributed by atoms with Crippen molar-refractivity contribution in [2.75, 3.05) is 0 Å². The van der Waals surface area contributed by atoms with Crippen LogP contribution in [0.1, 0.15) is 53.9 Å². The second-order valence-electron chi connectivity index (χ2n) is 8.35. The van der Waals surface area contributed by atoms with Crippen LogP contribution < -0.4 is 0 Å². The molecule has 8 heteroatoms. The first-order valence-corrected chi connectivity index (χ1v) is 10.0. The zero-order valence-corrected chi connectivity index (χ0v) is 18.1. The van der Waals surface area contributed by atoms with Crippen molar-refractivity contribution in [2.24, 2.45) is 11.8 Å². The van der Waals surface area contributed by atoms with Gasteiger partial charge in [-0.1, -0.05) is 19.6 Å². The highest BCUT2D eigenvalue weighted by molar-refractivity contribution is 5.92. The summed E-state index contributed by atoms with van der Waals surface area (Å²) in [7, 11) is 0. The van der Waals surface area contributed by atoms with Crippen LogP contribution in [0.2, 0.25) is 0 Å². The Morgan fingerprint density at radius 2 is 1.93 bits per heavy atom. The fourth-order valence-corrected chi connectivity index (χ4v) is 3.94. The molecule has 2 fully saturated rings. The smallest absolute Gasteiger partial charge is 0.334 e. The summed E-state index contributed by atoms with van der Waals surface area (Å²) in [5, 5.41) is 10.5. The van der Waals surface area contributed by atoms with Gasteiger partial charge in [-0.2, -0.15) is 0 Å². The van der Waals surface area contributed by atoms with Crippen LogP contribution in [0.4, 0.5) is 0 Å². The van der Waals surface area contributed by atoms with Crippen molar-refractivity contribution in [1.82, 2.24) is 0 Å². The summed E-state index contributed by atoms with van der Waals surface area (Å²) in [6.45, 7) is 11.4. The van der Waals surface area contributed by atoms with E-state index in [-0.39, 0.29) is 24.8 Å². The third-order valence-corrected chi connectivity index (χ3v) is 5.94. The molecule has 2 aliphatic rings. The lowest BCUT2D eigenvalue weighted by atomic mass is 9.76. The number of Topliss-reactive ketones (excluding diaryl/α,β-unsaturated/α-hetero) is 1. The molecule has 0 amide bonds. The van der Waals surface area contributed by atoms with E-state index in [0.717, 1.165) is 0 Å². The highest BCUT2D eigenvalue weighted by atomic mass is 16.6. The maximum absolute atomic E-state index is 13.0. The minimum absolute atomic E-state index is 0.121. The van der Waals surface area contributed by atoms with Crippen molar-refractivity contribution in [2.45, 2.75) is 77.8 Å². The average molecular weight is 422 g/mol. The van der Waals surface area contributed by atoms with Gasteiger partial charge in [0.25, 0.3) is 0 Å². The molecule has 166 valence electrons. The van der Waals surface area contributed by atoms with Crippen LogP contribution >= 0.6 is 0 Å². The normalized spacial score (nSPS) is 35.3. The molecule has 1 aliphatic carbocycles. The van der Waals surface area contributed by atoms with E-state index in [1.54, 1.807) is 26.8 Å². The molecule has 0 bridgehead atoms. The SMILES string of the molecule is C=C1C(=O)O[C@@H]2C[C@@H](C)[C@@H](O)CC(=O)[C@](C)(OC(C)=O)C[C@H](OC(=O)/C(C)=C\C)[C@@H]12. The summed E-state index contributed by atoms with van der Waals surface area (Å²) in [4.78, 5) is 49.5. The fraction of sp³-hybridized carbons (Fsp3) is 0.636. The van der Waals surface area contributed by atoms with Crippen molar-refractivity contribution < 1.29 is 38.5 Å². The summed E-state index contributed by atoms with van der Waals surface area (Å²) < 4.78 is 16.5. The lowest BCUT2D eigenvalue weighted by molar-refractivity contribution is -0.174. The van der Waals surface area contributed by atoms with E-state index in [0.29, 0.717) is 5.57 Å². The molecule has 1 heterocycles. The van der Waals surface area contributed by atoms with Crippen LogP contribution in [0.15, 0.2) is 23.8 Å². The van der Waals surface area contributed by atoms with E-state index in [1.807, 2.05) is 0 Å². The Morgan fingerprint density at radius 3 is 2.50 bits per heavy atom. The zero-order valence-electron chi connectivity index (χ0n) is 18.1. The number of carbonyl (C=O) groups excluding carboxylic acids is 4. The molecule has 0 spiro atoms. The highest BCUT2D eigenvalue weighted by Gasteiger charge is 2.51. The monoisotopic (exact) mass is 422 g/mol. The van der Waals surface area contributed by atoms with E-state index in [1.165, 1.54) is 13.8 Å². The number of ether oxygens (including phenoxy) is 3. The third-order valence-electron chi connectivity index (χ3n) is 5.94. The van der Waals surface area contributed by atoms with Crippen LogP contribution in [-0.4, -0.2) is 52.7 Å². The second kappa shape index (κ2) is 9.12. The Morgan fingerprint density at radius 1 is 1.30 bits per heavy atom. The molecular formula is C22H30O8. The van der Waals surface area contributed by atoms with Gasteiger partial charge in [0.05, 0.1) is 12.0 Å². The van der Waals surface area contributed by atoms with Crippen LogP contribution in [0.25, 0.3) is 0 Å². The molecule has 2 rings (SSSR count). The summed E-state index contributed by atoms with van der Waals surface area (Å²) in [5.74, 6) is -3.54. The number of ketones is 1. The fourth-order valence-electron chi connectivity index (χ4n) is 3.94. The summed E-state index contributed by atoms with van der Waals surface area (Å²) in [5.41, 5.74) is -1.19. The topological polar surface area (TPSA) is 116 Å². The molecule has 1 aliphatic heterocycles. The van der Waals surface area contributed by atoms with Gasteiger partial charge in [-0.05, 0) is 33.1 Å². The van der Waals surface area contributed by atoms with Crippen LogP contribution in [0.5, 0.6) is 0 Å². The van der Waals surface area contributed by atoms with Crippen molar-refractivity contribution in [3.63, 3.8) is 0 Å². The lowest BCUT2D eigenvalue weighted by Gasteiger charge is -2.37. The highest BCUT2D eigenvalue weighted by Crippen LogP contribution is 2.40. The van der Waals surface area contributed by atoms with Gasteiger partial charge in [-0.25, -0.2) is 9.59 Å². The molecule has 0 unspecified atom stereocenters. The van der Waals surface area contributed by atoms with Crippen molar-refractivity contribution in [3.05, 3.63) is 23.8 Å². The predicted molar refractivity (Wildman–Crippen MR) is 106 cm³/mol. The first kappa shape index (κ1) is 23.8. The summed E-state index contributed by atoms with van der Waals surface area (Å²) in [6, 6.07) is 0. The third kappa shape index (κ3) is 4.98. The molecule has 1 N–H and O–H groups in total. The van der Waals surface area contributed by atoms with Gasteiger partial charge in [-0.3, -0.25) is 9.59 Å². The number of hydrogen-bond acceptors (Lipinski definition) is 8. The number of allylic oxidation sites excluding steroid dienone is 1. The van der Waals surface area contributed by atoms with Gasteiger partial charge < -0.3 is 19.3 Å². The average Bonchev–Trinajstić information content (AvgIpc) is 2.92. The number of aliphatic hydroxyl groups is 1. The molecule has 1 saturated heterocycles. The summed E-state index contributed by atoms with van der Waals surface area (Å²) in [6.07, 6.45) is -1.27. The number of esters is 3. The van der Waals surface area contributed by atoms with E-state index in [2.05, 4.69) is 6.58 Å². The standard InChI is InChI=1S/C22H30O8/c1-7-11(2)20(26)29-17-10-22(6,30-14(5)23)18(25)9-15(24)12(3)8-16-19(17)13(4)21(27)28-16/h7,12,15-17,19,24H,4,8-10H2,1-3,5-6H3/b11-7-/t12-,15+,16-,17+,19+,22-/m1/s1. The van der Waals surface area contributed by atoms with E-state index in [9.17, 15) is 24.3 Å². The molecule has 30 heavy (non-hydrogen) atoms.